The maximum atomic E-state index is 3.79. The van der Waals surface area contributed by atoms with E-state index in [1.54, 1.807) is 0 Å². The molecule has 1 aliphatic carbocycles. The van der Waals surface area contributed by atoms with Crippen LogP contribution in [0.15, 0.2) is 18.2 Å². The van der Waals surface area contributed by atoms with Gasteiger partial charge in [-0.2, -0.15) is 0 Å². The van der Waals surface area contributed by atoms with Crippen LogP contribution < -0.4 is 10.6 Å². The Hall–Kier alpha value is -1.02. The van der Waals surface area contributed by atoms with E-state index in [0.717, 1.165) is 19.0 Å². The number of anilines is 1. The van der Waals surface area contributed by atoms with Crippen LogP contribution in [-0.4, -0.2) is 12.6 Å². The summed E-state index contributed by atoms with van der Waals surface area (Å²) in [5.74, 6) is 0.877. The summed E-state index contributed by atoms with van der Waals surface area (Å²) in [5, 5.41) is 7.33. The van der Waals surface area contributed by atoms with Gasteiger partial charge in [-0.25, -0.2) is 0 Å². The van der Waals surface area contributed by atoms with Crippen molar-refractivity contribution >= 4 is 5.69 Å². The van der Waals surface area contributed by atoms with Crippen molar-refractivity contribution in [2.75, 3.05) is 11.9 Å². The quantitative estimate of drug-likeness (QED) is 0.806. The third-order valence-electron chi connectivity index (χ3n) is 5.15. The molecule has 0 saturated heterocycles. The average Bonchev–Trinajstić information content (AvgIpc) is 2.79. The first-order valence-electron chi connectivity index (χ1n) is 8.42. The Labute approximate surface area is 123 Å². The summed E-state index contributed by atoms with van der Waals surface area (Å²) in [7, 11) is 0. The third-order valence-corrected chi connectivity index (χ3v) is 5.15. The number of rotatable bonds is 4. The zero-order valence-electron chi connectivity index (χ0n) is 12.8. The van der Waals surface area contributed by atoms with Crippen molar-refractivity contribution in [3.8, 4) is 0 Å². The van der Waals surface area contributed by atoms with Gasteiger partial charge in [0.25, 0.3) is 0 Å². The van der Waals surface area contributed by atoms with Crippen molar-refractivity contribution in [1.82, 2.24) is 5.32 Å². The molecule has 20 heavy (non-hydrogen) atoms. The summed E-state index contributed by atoms with van der Waals surface area (Å²) in [6.07, 6.45) is 9.76. The molecule has 0 bridgehead atoms. The second-order valence-electron chi connectivity index (χ2n) is 6.55. The van der Waals surface area contributed by atoms with E-state index in [0.29, 0.717) is 6.04 Å². The zero-order valence-corrected chi connectivity index (χ0v) is 12.8. The fraction of sp³-hybridized carbons (Fsp3) is 0.667. The highest BCUT2D eigenvalue weighted by Gasteiger charge is 2.19. The van der Waals surface area contributed by atoms with E-state index in [1.165, 1.54) is 61.8 Å². The number of nitrogens with one attached hydrogen (secondary N) is 2. The van der Waals surface area contributed by atoms with Gasteiger partial charge in [0, 0.05) is 24.8 Å². The van der Waals surface area contributed by atoms with E-state index in [9.17, 15) is 0 Å². The predicted molar refractivity (Wildman–Crippen MR) is 86.1 cm³/mol. The van der Waals surface area contributed by atoms with Gasteiger partial charge in [-0.15, -0.1) is 0 Å². The van der Waals surface area contributed by atoms with Crippen LogP contribution >= 0.6 is 0 Å². The van der Waals surface area contributed by atoms with Crippen LogP contribution in [0, 0.1) is 5.92 Å². The highest BCUT2D eigenvalue weighted by molar-refractivity contribution is 5.61. The number of benzene rings is 1. The standard InChI is InChI=1S/C18H28N2/c1-14(15-7-4-2-3-5-8-15)20-13-17-10-6-9-16-11-12-19-18(16)17/h6,9-10,14-15,19-20H,2-5,7-8,11-13H2,1H3/t14-/m1/s1. The highest BCUT2D eigenvalue weighted by Crippen LogP contribution is 2.28. The van der Waals surface area contributed by atoms with Crippen molar-refractivity contribution in [3.63, 3.8) is 0 Å². The maximum Gasteiger partial charge on any atom is 0.0419 e. The van der Waals surface area contributed by atoms with Crippen LogP contribution in [-0.2, 0) is 13.0 Å². The molecule has 2 heteroatoms. The molecular weight excluding hydrogens is 244 g/mol. The fourth-order valence-electron chi connectivity index (χ4n) is 3.81. The Kier molecular flexibility index (Phi) is 4.62. The molecule has 2 N–H and O–H groups in total. The lowest BCUT2D eigenvalue weighted by Gasteiger charge is -2.24. The topological polar surface area (TPSA) is 24.1 Å². The average molecular weight is 272 g/mol. The molecule has 0 radical (unpaired) electrons. The van der Waals surface area contributed by atoms with Gasteiger partial charge < -0.3 is 10.6 Å². The molecular formula is C18H28N2. The minimum absolute atomic E-state index is 0.644. The van der Waals surface area contributed by atoms with E-state index >= 15 is 0 Å². The second-order valence-corrected chi connectivity index (χ2v) is 6.55. The number of para-hydroxylation sites is 1. The van der Waals surface area contributed by atoms with Gasteiger partial charge in [0.15, 0.2) is 0 Å². The van der Waals surface area contributed by atoms with Gasteiger partial charge in [-0.1, -0.05) is 43.9 Å². The molecule has 1 fully saturated rings. The summed E-state index contributed by atoms with van der Waals surface area (Å²) >= 11 is 0. The number of hydrogen-bond donors (Lipinski definition) is 2. The predicted octanol–water partition coefficient (Wildman–Crippen LogP) is 4.10. The molecule has 0 aromatic heterocycles. The lowest BCUT2D eigenvalue weighted by Crippen LogP contribution is -2.33. The first-order valence-corrected chi connectivity index (χ1v) is 8.42. The number of hydrogen-bond acceptors (Lipinski definition) is 2. The Bertz CT molecular complexity index is 433. The van der Waals surface area contributed by atoms with Crippen molar-refractivity contribution in [2.24, 2.45) is 5.92 Å². The molecule has 0 amide bonds. The fourth-order valence-corrected chi connectivity index (χ4v) is 3.81. The molecule has 1 aromatic carbocycles. The zero-order chi connectivity index (χ0) is 13.8. The summed E-state index contributed by atoms with van der Waals surface area (Å²) in [6, 6.07) is 7.38. The van der Waals surface area contributed by atoms with Crippen LogP contribution in [0.5, 0.6) is 0 Å². The summed E-state index contributed by atoms with van der Waals surface area (Å²) in [6.45, 7) is 4.49. The van der Waals surface area contributed by atoms with Crippen LogP contribution in [0.2, 0.25) is 0 Å². The molecule has 0 spiro atoms. The molecule has 110 valence electrons. The molecule has 0 unspecified atom stereocenters. The van der Waals surface area contributed by atoms with Gasteiger partial charge in [0.2, 0.25) is 0 Å². The van der Waals surface area contributed by atoms with Crippen LogP contribution in [0.25, 0.3) is 0 Å². The van der Waals surface area contributed by atoms with Crippen molar-refractivity contribution in [2.45, 2.75) is 64.5 Å². The molecule has 1 aliphatic heterocycles. The van der Waals surface area contributed by atoms with Crippen LogP contribution in [0.4, 0.5) is 5.69 Å². The normalized spacial score (nSPS) is 21.1. The molecule has 2 nitrogen and oxygen atoms in total. The van der Waals surface area contributed by atoms with Crippen LogP contribution in [0.1, 0.15) is 56.6 Å². The van der Waals surface area contributed by atoms with Gasteiger partial charge in [-0.3, -0.25) is 0 Å². The molecule has 1 aromatic rings. The van der Waals surface area contributed by atoms with E-state index in [-0.39, 0.29) is 0 Å². The lowest BCUT2D eigenvalue weighted by molar-refractivity contribution is 0.337. The van der Waals surface area contributed by atoms with Gasteiger partial charge in [0.05, 0.1) is 0 Å². The summed E-state index contributed by atoms with van der Waals surface area (Å²) in [5.41, 5.74) is 4.33. The summed E-state index contributed by atoms with van der Waals surface area (Å²) < 4.78 is 0. The Morgan fingerprint density at radius 1 is 1.20 bits per heavy atom. The van der Waals surface area contributed by atoms with E-state index in [1.807, 2.05) is 0 Å². The monoisotopic (exact) mass is 272 g/mol. The van der Waals surface area contributed by atoms with E-state index < -0.39 is 0 Å². The number of fused-ring (bicyclic) bond motifs is 1. The van der Waals surface area contributed by atoms with E-state index in [2.05, 4.69) is 35.8 Å². The van der Waals surface area contributed by atoms with Crippen molar-refractivity contribution in [3.05, 3.63) is 29.3 Å². The Morgan fingerprint density at radius 2 is 2.00 bits per heavy atom. The Balaban J connectivity index is 1.57. The first kappa shape index (κ1) is 13.9. The van der Waals surface area contributed by atoms with Gasteiger partial charge in [-0.05, 0) is 43.2 Å². The van der Waals surface area contributed by atoms with Gasteiger partial charge in [0.1, 0.15) is 0 Å². The maximum absolute atomic E-state index is 3.79. The molecule has 1 heterocycles. The van der Waals surface area contributed by atoms with Crippen molar-refractivity contribution < 1.29 is 0 Å². The van der Waals surface area contributed by atoms with E-state index in [4.69, 9.17) is 0 Å². The molecule has 1 saturated carbocycles. The molecule has 1 atom stereocenters. The smallest absolute Gasteiger partial charge is 0.0419 e. The lowest BCUT2D eigenvalue weighted by atomic mass is 9.93. The SMILES string of the molecule is C[C@@H](NCc1cccc2c1NCC2)C1CCCCCC1. The van der Waals surface area contributed by atoms with Gasteiger partial charge >= 0.3 is 0 Å². The second kappa shape index (κ2) is 6.62. The largest absolute Gasteiger partial charge is 0.384 e. The molecule has 2 aliphatic rings. The van der Waals surface area contributed by atoms with Crippen molar-refractivity contribution in [1.29, 1.82) is 0 Å². The minimum Gasteiger partial charge on any atom is -0.384 e. The highest BCUT2D eigenvalue weighted by atomic mass is 14.9. The van der Waals surface area contributed by atoms with Crippen LogP contribution in [0.3, 0.4) is 0 Å². The first-order chi connectivity index (χ1) is 9.84. The third kappa shape index (κ3) is 3.17. The minimum atomic E-state index is 0.644. The summed E-state index contributed by atoms with van der Waals surface area (Å²) in [4.78, 5) is 0. The Morgan fingerprint density at radius 3 is 2.80 bits per heavy atom. The molecule has 3 rings (SSSR count).